The van der Waals surface area contributed by atoms with Crippen molar-refractivity contribution in [3.63, 3.8) is 0 Å². The number of amides is 1. The fourth-order valence-electron chi connectivity index (χ4n) is 2.11. The van der Waals surface area contributed by atoms with Crippen molar-refractivity contribution in [1.29, 1.82) is 0 Å². The monoisotopic (exact) mass is 420 g/mol. The maximum Gasteiger partial charge on any atom is 0.307 e. The van der Waals surface area contributed by atoms with Gasteiger partial charge in [-0.3, -0.25) is 9.59 Å². The third-order valence-electron chi connectivity index (χ3n) is 3.52. The number of halogens is 2. The van der Waals surface area contributed by atoms with Crippen LogP contribution in [0.2, 0.25) is 5.02 Å². The number of ether oxygens (including phenoxy) is 2. The first-order valence-corrected chi connectivity index (χ1v) is 8.58. The minimum atomic E-state index is -0.692. The van der Waals surface area contributed by atoms with Crippen LogP contribution in [0.1, 0.15) is 17.0 Å². The molecular formula is C17H14ClFN6O4. The van der Waals surface area contributed by atoms with E-state index < -0.39 is 17.7 Å². The topological polar surface area (TPSA) is 121 Å². The van der Waals surface area contributed by atoms with Gasteiger partial charge >= 0.3 is 5.97 Å². The van der Waals surface area contributed by atoms with E-state index in [1.54, 1.807) is 24.3 Å². The number of nitrogens with zero attached hydrogens (tertiary/aromatic N) is 5. The summed E-state index contributed by atoms with van der Waals surface area (Å²) in [7, 11) is 1.26. The highest BCUT2D eigenvalue weighted by Gasteiger charge is 2.14. The molecule has 0 fully saturated rings. The number of hydrogen-bond acceptors (Lipinski definition) is 8. The van der Waals surface area contributed by atoms with Crippen molar-refractivity contribution in [3.8, 4) is 17.3 Å². The third kappa shape index (κ3) is 5.23. The van der Waals surface area contributed by atoms with Gasteiger partial charge in [-0.1, -0.05) is 11.6 Å². The lowest BCUT2D eigenvalue weighted by atomic mass is 10.3. The first-order valence-electron chi connectivity index (χ1n) is 8.20. The smallest absolute Gasteiger partial charge is 0.307 e. The molecule has 1 amide bonds. The molecule has 2 heterocycles. The molecule has 12 heteroatoms. The van der Waals surface area contributed by atoms with E-state index >= 15 is 0 Å². The lowest BCUT2D eigenvalue weighted by Crippen LogP contribution is -2.27. The second kappa shape index (κ2) is 9.06. The third-order valence-corrected chi connectivity index (χ3v) is 3.72. The zero-order valence-corrected chi connectivity index (χ0v) is 15.8. The average Bonchev–Trinajstić information content (AvgIpc) is 3.21. The quantitative estimate of drug-likeness (QED) is 0.575. The average molecular weight is 421 g/mol. The van der Waals surface area contributed by atoms with E-state index in [9.17, 15) is 14.0 Å². The molecule has 1 N–H and O–H groups in total. The molecule has 3 aromatic rings. The first kappa shape index (κ1) is 20.1. The van der Waals surface area contributed by atoms with E-state index in [2.05, 4.69) is 30.4 Å². The van der Waals surface area contributed by atoms with Crippen molar-refractivity contribution >= 4 is 23.5 Å². The Hall–Kier alpha value is -3.60. The Labute approximate surface area is 168 Å². The number of nitrogens with one attached hydrogen (secondary N) is 1. The number of methoxy groups -OCH3 is 1. The molecule has 0 aliphatic heterocycles. The van der Waals surface area contributed by atoms with Gasteiger partial charge in [-0.15, -0.1) is 15.0 Å². The standard InChI is InChI=1S/C17H14ClFN6O4/c1-28-14(26)6-7-20-16(27)15-22-24-25(23-15)11-2-4-12(5-3-11)29-17-13(19)8-10(18)9-21-17/h2-5,8-9H,6-7H2,1H3,(H,20,27). The Bertz CT molecular complexity index is 1030. The summed E-state index contributed by atoms with van der Waals surface area (Å²) in [5.74, 6) is -1.78. The highest BCUT2D eigenvalue weighted by Crippen LogP contribution is 2.24. The van der Waals surface area contributed by atoms with Crippen LogP contribution in [-0.2, 0) is 9.53 Å². The van der Waals surface area contributed by atoms with Crippen molar-refractivity contribution in [1.82, 2.24) is 30.5 Å². The van der Waals surface area contributed by atoms with E-state index in [0.29, 0.717) is 11.4 Å². The van der Waals surface area contributed by atoms with Crippen LogP contribution < -0.4 is 10.1 Å². The van der Waals surface area contributed by atoms with Crippen LogP contribution in [0.4, 0.5) is 4.39 Å². The molecule has 3 rings (SSSR count). The summed E-state index contributed by atoms with van der Waals surface area (Å²) in [5, 5.41) is 14.1. The highest BCUT2D eigenvalue weighted by atomic mass is 35.5. The summed E-state index contributed by atoms with van der Waals surface area (Å²) in [6.07, 6.45) is 1.30. The van der Waals surface area contributed by atoms with Gasteiger partial charge in [0.2, 0.25) is 0 Å². The number of carbonyl (C=O) groups is 2. The second-order valence-corrected chi connectivity index (χ2v) is 5.96. The SMILES string of the molecule is COC(=O)CCNC(=O)c1nnn(-c2ccc(Oc3ncc(Cl)cc3F)cc2)n1. The van der Waals surface area contributed by atoms with Crippen LogP contribution in [-0.4, -0.2) is 50.7 Å². The minimum absolute atomic E-state index is 0.0287. The molecule has 0 bridgehead atoms. The van der Waals surface area contributed by atoms with Crippen molar-refractivity contribution in [2.75, 3.05) is 13.7 Å². The maximum atomic E-state index is 13.7. The van der Waals surface area contributed by atoms with Gasteiger partial charge < -0.3 is 14.8 Å². The van der Waals surface area contributed by atoms with Crippen LogP contribution in [0.15, 0.2) is 36.5 Å². The normalized spacial score (nSPS) is 10.4. The Kier molecular flexibility index (Phi) is 6.29. The number of pyridine rings is 1. The largest absolute Gasteiger partial charge is 0.469 e. The summed E-state index contributed by atoms with van der Waals surface area (Å²) in [5.41, 5.74) is 0.489. The zero-order valence-electron chi connectivity index (χ0n) is 15.0. The number of carbonyl (C=O) groups excluding carboxylic acids is 2. The molecule has 29 heavy (non-hydrogen) atoms. The fraction of sp³-hybridized carbons (Fsp3) is 0.176. The van der Waals surface area contributed by atoms with Crippen LogP contribution in [0.25, 0.3) is 5.69 Å². The molecular weight excluding hydrogens is 407 g/mol. The molecule has 2 aromatic heterocycles. The van der Waals surface area contributed by atoms with E-state index in [1.807, 2.05) is 0 Å². The highest BCUT2D eigenvalue weighted by molar-refractivity contribution is 6.30. The fourth-order valence-corrected chi connectivity index (χ4v) is 2.25. The van der Waals surface area contributed by atoms with Crippen LogP contribution in [0.5, 0.6) is 11.6 Å². The summed E-state index contributed by atoms with van der Waals surface area (Å²) in [6.45, 7) is 0.0847. The van der Waals surface area contributed by atoms with Gasteiger partial charge in [-0.2, -0.15) is 0 Å². The summed E-state index contributed by atoms with van der Waals surface area (Å²) >= 11 is 5.65. The van der Waals surface area contributed by atoms with Crippen molar-refractivity contribution in [2.24, 2.45) is 0 Å². The molecule has 0 saturated heterocycles. The predicted octanol–water partition coefficient (Wildman–Crippen LogP) is 1.93. The molecule has 150 valence electrons. The Morgan fingerprint density at radius 3 is 2.72 bits per heavy atom. The van der Waals surface area contributed by atoms with Crippen LogP contribution in [0, 0.1) is 5.82 Å². The molecule has 0 saturated carbocycles. The maximum absolute atomic E-state index is 13.7. The molecule has 0 radical (unpaired) electrons. The summed E-state index contributed by atoms with van der Waals surface area (Å²) < 4.78 is 23.6. The van der Waals surface area contributed by atoms with Gasteiger partial charge in [0.25, 0.3) is 17.6 Å². The lowest BCUT2D eigenvalue weighted by molar-refractivity contribution is -0.140. The number of aromatic nitrogens is 5. The van der Waals surface area contributed by atoms with E-state index in [4.69, 9.17) is 16.3 Å². The molecule has 0 spiro atoms. The van der Waals surface area contributed by atoms with Gasteiger partial charge in [0.1, 0.15) is 5.75 Å². The Morgan fingerprint density at radius 1 is 1.28 bits per heavy atom. The van der Waals surface area contributed by atoms with Gasteiger partial charge in [-0.25, -0.2) is 9.37 Å². The summed E-state index contributed by atoms with van der Waals surface area (Å²) in [4.78, 5) is 27.9. The van der Waals surface area contributed by atoms with Crippen molar-refractivity contribution < 1.29 is 23.5 Å². The first-order chi connectivity index (χ1) is 14.0. The van der Waals surface area contributed by atoms with Gasteiger partial charge in [0.15, 0.2) is 5.82 Å². The minimum Gasteiger partial charge on any atom is -0.469 e. The predicted molar refractivity (Wildman–Crippen MR) is 97.4 cm³/mol. The van der Waals surface area contributed by atoms with E-state index in [1.165, 1.54) is 13.3 Å². The number of tetrazole rings is 1. The van der Waals surface area contributed by atoms with Crippen molar-refractivity contribution in [2.45, 2.75) is 6.42 Å². The molecule has 0 atom stereocenters. The second-order valence-electron chi connectivity index (χ2n) is 5.52. The Balaban J connectivity index is 1.63. The number of hydrogen-bond donors (Lipinski definition) is 1. The number of esters is 1. The van der Waals surface area contributed by atoms with Crippen molar-refractivity contribution in [3.05, 3.63) is 53.2 Å². The van der Waals surface area contributed by atoms with E-state index in [-0.39, 0.29) is 29.7 Å². The van der Waals surface area contributed by atoms with Crippen LogP contribution in [0.3, 0.4) is 0 Å². The lowest BCUT2D eigenvalue weighted by Gasteiger charge is -2.06. The Morgan fingerprint density at radius 2 is 2.03 bits per heavy atom. The van der Waals surface area contributed by atoms with Crippen LogP contribution >= 0.6 is 11.6 Å². The van der Waals surface area contributed by atoms with E-state index in [0.717, 1.165) is 10.9 Å². The zero-order chi connectivity index (χ0) is 20.8. The molecule has 0 aliphatic rings. The van der Waals surface area contributed by atoms with Gasteiger partial charge in [0.05, 0.1) is 24.2 Å². The molecule has 0 unspecified atom stereocenters. The molecule has 0 aliphatic carbocycles. The van der Waals surface area contributed by atoms with Gasteiger partial charge in [-0.05, 0) is 35.5 Å². The van der Waals surface area contributed by atoms with Gasteiger partial charge in [0, 0.05) is 12.7 Å². The number of benzene rings is 1. The molecule has 1 aromatic carbocycles. The number of rotatable bonds is 7. The summed E-state index contributed by atoms with van der Waals surface area (Å²) in [6, 6.07) is 7.36. The molecule has 10 nitrogen and oxygen atoms in total.